The van der Waals surface area contributed by atoms with E-state index in [4.69, 9.17) is 4.52 Å². The Kier molecular flexibility index (Phi) is 6.49. The number of alkyl halides is 3. The number of nitrogens with one attached hydrogen (secondary N) is 3. The summed E-state index contributed by atoms with van der Waals surface area (Å²) in [6, 6.07) is 6.87. The van der Waals surface area contributed by atoms with Crippen molar-refractivity contribution in [3.63, 3.8) is 0 Å². The fraction of sp³-hybridized carbons (Fsp3) is 0.100. The molecule has 1 aromatic carbocycles. The molecule has 4 rings (SSSR count). The average molecular weight is 489 g/mol. The van der Waals surface area contributed by atoms with E-state index in [0.29, 0.717) is 10.9 Å². The number of amides is 2. The molecule has 0 unspecified atom stereocenters. The Bertz CT molecular complexity index is 1310. The molecular weight excluding hydrogens is 475 g/mol. The Morgan fingerprint density at radius 2 is 1.91 bits per heavy atom. The van der Waals surface area contributed by atoms with Gasteiger partial charge in [-0.25, -0.2) is 15.0 Å². The Labute approximate surface area is 193 Å². The van der Waals surface area contributed by atoms with E-state index in [0.717, 1.165) is 12.1 Å². The van der Waals surface area contributed by atoms with Gasteiger partial charge >= 0.3 is 6.18 Å². The summed E-state index contributed by atoms with van der Waals surface area (Å²) < 4.78 is 43.4. The summed E-state index contributed by atoms with van der Waals surface area (Å²) in [4.78, 5) is 36.7. The molecule has 0 atom stereocenters. The molecule has 4 aromatic rings. The molecule has 2 amide bonds. The minimum absolute atomic E-state index is 0.0583. The summed E-state index contributed by atoms with van der Waals surface area (Å²) in [5.41, 5.74) is -0.657. The zero-order valence-electron chi connectivity index (χ0n) is 17.0. The first-order chi connectivity index (χ1) is 16.3. The van der Waals surface area contributed by atoms with E-state index in [1.54, 1.807) is 11.6 Å². The highest BCUT2D eigenvalue weighted by Gasteiger charge is 2.30. The van der Waals surface area contributed by atoms with E-state index < -0.39 is 23.6 Å². The van der Waals surface area contributed by atoms with Crippen LogP contribution in [0.5, 0.6) is 0 Å². The quantitative estimate of drug-likeness (QED) is 0.356. The first-order valence-electron chi connectivity index (χ1n) is 9.49. The molecule has 0 bridgehead atoms. The molecule has 3 heterocycles. The number of carbonyl (C=O) groups is 2. The third kappa shape index (κ3) is 5.72. The molecule has 0 aliphatic carbocycles. The van der Waals surface area contributed by atoms with Crippen LogP contribution in [0.25, 0.3) is 0 Å². The highest BCUT2D eigenvalue weighted by atomic mass is 32.1. The van der Waals surface area contributed by atoms with Gasteiger partial charge in [0.25, 0.3) is 11.8 Å². The van der Waals surface area contributed by atoms with Gasteiger partial charge in [-0.15, -0.1) is 11.3 Å². The predicted octanol–water partition coefficient (Wildman–Crippen LogP) is 3.87. The lowest BCUT2D eigenvalue weighted by Crippen LogP contribution is -2.24. The van der Waals surface area contributed by atoms with Gasteiger partial charge in [0, 0.05) is 29.4 Å². The van der Waals surface area contributed by atoms with Gasteiger partial charge in [-0.2, -0.15) is 13.2 Å². The molecule has 0 saturated heterocycles. The topological polar surface area (TPSA) is 135 Å². The zero-order chi connectivity index (χ0) is 24.1. The normalized spacial score (nSPS) is 11.1. The molecule has 34 heavy (non-hydrogen) atoms. The third-order valence-electron chi connectivity index (χ3n) is 4.23. The minimum Gasteiger partial charge on any atom is -0.351 e. The van der Waals surface area contributed by atoms with Crippen LogP contribution in [0.4, 0.5) is 29.8 Å². The lowest BCUT2D eigenvalue weighted by atomic mass is 10.2. The third-order valence-corrected chi connectivity index (χ3v) is 4.92. The molecule has 3 aromatic heterocycles. The number of aromatic nitrogens is 4. The van der Waals surface area contributed by atoms with Crippen LogP contribution in [0.2, 0.25) is 0 Å². The van der Waals surface area contributed by atoms with Crippen molar-refractivity contribution in [2.45, 2.75) is 12.7 Å². The molecule has 0 radical (unpaired) electrons. The standard InChI is InChI=1S/C20H14F3N7O3S/c21-20(22,23)11-2-1-3-12(6-11)28-18(32)15-7-13(30-33-15)9-25-17(31)14-8-16(27-10-26-14)29-19-24-4-5-34-19/h1-8,10H,9H2,(H,25,31)(H,28,32)(H,24,26,27,29). The summed E-state index contributed by atoms with van der Waals surface area (Å²) in [5.74, 6) is -1.18. The maximum absolute atomic E-state index is 12.8. The van der Waals surface area contributed by atoms with E-state index in [1.165, 1.54) is 41.9 Å². The van der Waals surface area contributed by atoms with Crippen LogP contribution in [0.15, 0.2) is 58.8 Å². The monoisotopic (exact) mass is 489 g/mol. The number of nitrogens with zero attached hydrogens (tertiary/aromatic N) is 4. The largest absolute Gasteiger partial charge is 0.416 e. The van der Waals surface area contributed by atoms with Crippen molar-refractivity contribution in [2.24, 2.45) is 0 Å². The first-order valence-corrected chi connectivity index (χ1v) is 10.4. The fourth-order valence-corrected chi connectivity index (χ4v) is 3.21. The van der Waals surface area contributed by atoms with Crippen LogP contribution >= 0.6 is 11.3 Å². The van der Waals surface area contributed by atoms with E-state index in [9.17, 15) is 22.8 Å². The van der Waals surface area contributed by atoms with Crippen molar-refractivity contribution < 1.29 is 27.3 Å². The number of benzene rings is 1. The second kappa shape index (κ2) is 9.66. The second-order valence-electron chi connectivity index (χ2n) is 6.65. The molecule has 0 aliphatic heterocycles. The number of hydrogen-bond donors (Lipinski definition) is 3. The maximum atomic E-state index is 12.8. The van der Waals surface area contributed by atoms with Gasteiger partial charge in [0.1, 0.15) is 23.5 Å². The molecule has 10 nitrogen and oxygen atoms in total. The fourth-order valence-electron chi connectivity index (χ4n) is 2.67. The molecule has 0 aliphatic rings. The van der Waals surface area contributed by atoms with Gasteiger partial charge in [0.15, 0.2) is 5.13 Å². The molecule has 14 heteroatoms. The van der Waals surface area contributed by atoms with Crippen molar-refractivity contribution in [1.82, 2.24) is 25.4 Å². The summed E-state index contributed by atoms with van der Waals surface area (Å²) in [7, 11) is 0. The van der Waals surface area contributed by atoms with Crippen LogP contribution in [0.3, 0.4) is 0 Å². The summed E-state index contributed by atoms with van der Waals surface area (Å²) in [5, 5.41) is 13.9. The average Bonchev–Trinajstić information content (AvgIpc) is 3.49. The summed E-state index contributed by atoms with van der Waals surface area (Å²) in [6.45, 7) is -0.0849. The molecule has 0 saturated carbocycles. The summed E-state index contributed by atoms with van der Waals surface area (Å²) in [6.07, 6.45) is -1.70. The van der Waals surface area contributed by atoms with Crippen molar-refractivity contribution in [3.05, 3.63) is 77.0 Å². The van der Waals surface area contributed by atoms with Crippen LogP contribution in [0.1, 0.15) is 32.3 Å². The number of thiazole rings is 1. The number of hydrogen-bond acceptors (Lipinski definition) is 9. The Balaban J connectivity index is 1.34. The van der Waals surface area contributed by atoms with Crippen LogP contribution < -0.4 is 16.0 Å². The van der Waals surface area contributed by atoms with Gasteiger partial charge in [0.2, 0.25) is 5.76 Å². The van der Waals surface area contributed by atoms with Gasteiger partial charge in [-0.1, -0.05) is 11.2 Å². The van der Waals surface area contributed by atoms with E-state index in [1.807, 2.05) is 0 Å². The van der Waals surface area contributed by atoms with E-state index >= 15 is 0 Å². The number of halogens is 3. The second-order valence-corrected chi connectivity index (χ2v) is 7.54. The van der Waals surface area contributed by atoms with Gasteiger partial charge in [-0.3, -0.25) is 9.59 Å². The SMILES string of the molecule is O=C(NCc1cc(C(=O)Nc2cccc(C(F)(F)F)c2)on1)c1cc(Nc2nccs2)ncn1. The van der Waals surface area contributed by atoms with E-state index in [-0.39, 0.29) is 29.4 Å². The van der Waals surface area contributed by atoms with E-state index in [2.05, 4.69) is 36.1 Å². The Morgan fingerprint density at radius 1 is 1.06 bits per heavy atom. The Hall–Kier alpha value is -4.33. The van der Waals surface area contributed by atoms with Crippen LogP contribution in [-0.2, 0) is 12.7 Å². The van der Waals surface area contributed by atoms with Gasteiger partial charge < -0.3 is 20.5 Å². The number of anilines is 3. The molecular formula is C20H14F3N7O3S. The highest BCUT2D eigenvalue weighted by Crippen LogP contribution is 2.30. The molecule has 3 N–H and O–H groups in total. The maximum Gasteiger partial charge on any atom is 0.416 e. The molecule has 0 spiro atoms. The predicted molar refractivity (Wildman–Crippen MR) is 114 cm³/mol. The van der Waals surface area contributed by atoms with Crippen LogP contribution in [0, 0.1) is 0 Å². The minimum atomic E-state index is -4.54. The van der Waals surface area contributed by atoms with Gasteiger partial charge in [-0.05, 0) is 18.2 Å². The highest BCUT2D eigenvalue weighted by molar-refractivity contribution is 7.13. The first kappa shape index (κ1) is 22.8. The number of carbonyl (C=O) groups excluding carboxylic acids is 2. The zero-order valence-corrected chi connectivity index (χ0v) is 17.8. The number of rotatable bonds is 7. The van der Waals surface area contributed by atoms with Crippen molar-refractivity contribution >= 4 is 39.8 Å². The van der Waals surface area contributed by atoms with Crippen molar-refractivity contribution in [2.75, 3.05) is 10.6 Å². The van der Waals surface area contributed by atoms with Gasteiger partial charge in [0.05, 0.1) is 12.1 Å². The lowest BCUT2D eigenvalue weighted by molar-refractivity contribution is -0.137. The smallest absolute Gasteiger partial charge is 0.351 e. The lowest BCUT2D eigenvalue weighted by Gasteiger charge is -2.08. The van der Waals surface area contributed by atoms with Crippen LogP contribution in [-0.4, -0.2) is 31.9 Å². The van der Waals surface area contributed by atoms with Crippen molar-refractivity contribution in [3.8, 4) is 0 Å². The molecule has 0 fully saturated rings. The molecule has 174 valence electrons. The Morgan fingerprint density at radius 3 is 2.68 bits per heavy atom. The summed E-state index contributed by atoms with van der Waals surface area (Å²) >= 11 is 1.36. The van der Waals surface area contributed by atoms with Crippen molar-refractivity contribution in [1.29, 1.82) is 0 Å².